The molecular weight excluding hydrogens is 461 g/mol. The SMILES string of the molecule is CCN1CCN(CCCCNC(=NC)NC(C)CCC2CCCCC2)CC1.I. The second kappa shape index (κ2) is 15.7. The lowest BCUT2D eigenvalue weighted by atomic mass is 9.85. The van der Waals surface area contributed by atoms with Crippen molar-refractivity contribution in [3.8, 4) is 0 Å². The minimum atomic E-state index is 0. The highest BCUT2D eigenvalue weighted by atomic mass is 127. The van der Waals surface area contributed by atoms with Crippen molar-refractivity contribution in [1.29, 1.82) is 0 Å². The van der Waals surface area contributed by atoms with E-state index in [1.165, 1.54) is 97.1 Å². The highest BCUT2D eigenvalue weighted by Crippen LogP contribution is 2.27. The third kappa shape index (κ3) is 10.6. The lowest BCUT2D eigenvalue weighted by molar-refractivity contribution is 0.136. The van der Waals surface area contributed by atoms with Crippen molar-refractivity contribution in [2.24, 2.45) is 10.9 Å². The summed E-state index contributed by atoms with van der Waals surface area (Å²) in [5.41, 5.74) is 0. The van der Waals surface area contributed by atoms with Crippen LogP contribution in [0.2, 0.25) is 0 Å². The van der Waals surface area contributed by atoms with Crippen LogP contribution in [0.15, 0.2) is 4.99 Å². The van der Waals surface area contributed by atoms with Gasteiger partial charge in [-0.2, -0.15) is 0 Å². The minimum absolute atomic E-state index is 0. The summed E-state index contributed by atoms with van der Waals surface area (Å²) in [7, 11) is 1.89. The molecular formula is C22H46IN5. The zero-order chi connectivity index (χ0) is 19.3. The third-order valence-corrected chi connectivity index (χ3v) is 6.45. The molecule has 0 aromatic carbocycles. The highest BCUT2D eigenvalue weighted by molar-refractivity contribution is 14.0. The summed E-state index contributed by atoms with van der Waals surface area (Å²) in [4.78, 5) is 9.57. The lowest BCUT2D eigenvalue weighted by Gasteiger charge is -2.34. The zero-order valence-corrected chi connectivity index (χ0v) is 21.0. The van der Waals surface area contributed by atoms with Crippen LogP contribution in [0.5, 0.6) is 0 Å². The Morgan fingerprint density at radius 3 is 2.36 bits per heavy atom. The van der Waals surface area contributed by atoms with Crippen molar-refractivity contribution in [2.45, 2.75) is 77.7 Å². The van der Waals surface area contributed by atoms with Crippen LogP contribution in [0.3, 0.4) is 0 Å². The van der Waals surface area contributed by atoms with Crippen LogP contribution in [0.25, 0.3) is 0 Å². The van der Waals surface area contributed by atoms with E-state index in [4.69, 9.17) is 0 Å². The van der Waals surface area contributed by atoms with Crippen LogP contribution in [0.1, 0.15) is 71.6 Å². The van der Waals surface area contributed by atoms with E-state index in [1.54, 1.807) is 0 Å². The molecule has 0 amide bonds. The van der Waals surface area contributed by atoms with E-state index in [2.05, 4.69) is 39.3 Å². The molecule has 0 bridgehead atoms. The molecule has 2 aliphatic rings. The highest BCUT2D eigenvalue weighted by Gasteiger charge is 2.16. The number of aliphatic imine (C=N–C) groups is 1. The van der Waals surface area contributed by atoms with Gasteiger partial charge in [-0.15, -0.1) is 24.0 Å². The smallest absolute Gasteiger partial charge is 0.191 e. The molecule has 1 saturated heterocycles. The van der Waals surface area contributed by atoms with Crippen molar-refractivity contribution in [2.75, 3.05) is 52.9 Å². The summed E-state index contributed by atoms with van der Waals surface area (Å²) >= 11 is 0. The minimum Gasteiger partial charge on any atom is -0.356 e. The number of unbranched alkanes of at least 4 members (excludes halogenated alkanes) is 1. The molecule has 0 aromatic rings. The van der Waals surface area contributed by atoms with Gasteiger partial charge in [0.15, 0.2) is 5.96 Å². The molecule has 2 fully saturated rings. The monoisotopic (exact) mass is 507 g/mol. The second-order valence-electron chi connectivity index (χ2n) is 8.61. The number of nitrogens with zero attached hydrogens (tertiary/aromatic N) is 3. The Balaban J connectivity index is 0.00000392. The molecule has 1 aliphatic carbocycles. The van der Waals surface area contributed by atoms with E-state index in [0.717, 1.165) is 18.4 Å². The Morgan fingerprint density at radius 1 is 1.04 bits per heavy atom. The summed E-state index contributed by atoms with van der Waals surface area (Å²) in [5.74, 6) is 1.94. The van der Waals surface area contributed by atoms with Crippen molar-refractivity contribution in [3.05, 3.63) is 0 Å². The molecule has 1 atom stereocenters. The van der Waals surface area contributed by atoms with Crippen molar-refractivity contribution in [1.82, 2.24) is 20.4 Å². The zero-order valence-electron chi connectivity index (χ0n) is 18.7. The molecule has 1 heterocycles. The molecule has 5 nitrogen and oxygen atoms in total. The summed E-state index contributed by atoms with van der Waals surface area (Å²) in [6, 6.07) is 0.507. The first-order valence-electron chi connectivity index (χ1n) is 11.6. The van der Waals surface area contributed by atoms with Crippen molar-refractivity contribution < 1.29 is 0 Å². The van der Waals surface area contributed by atoms with E-state index in [1.807, 2.05) is 7.05 Å². The fourth-order valence-electron chi connectivity index (χ4n) is 4.46. The average molecular weight is 508 g/mol. The fourth-order valence-corrected chi connectivity index (χ4v) is 4.46. The average Bonchev–Trinajstić information content (AvgIpc) is 2.72. The van der Waals surface area contributed by atoms with Gasteiger partial charge in [0.2, 0.25) is 0 Å². The number of halogens is 1. The molecule has 6 heteroatoms. The van der Waals surface area contributed by atoms with Gasteiger partial charge in [-0.05, 0) is 51.6 Å². The quantitative estimate of drug-likeness (QED) is 0.204. The van der Waals surface area contributed by atoms with Gasteiger partial charge in [0.1, 0.15) is 0 Å². The Kier molecular flexibility index (Phi) is 14.6. The van der Waals surface area contributed by atoms with Crippen molar-refractivity contribution in [3.63, 3.8) is 0 Å². The van der Waals surface area contributed by atoms with Gasteiger partial charge < -0.3 is 20.4 Å². The van der Waals surface area contributed by atoms with Crippen LogP contribution in [0.4, 0.5) is 0 Å². The molecule has 1 aliphatic heterocycles. The van der Waals surface area contributed by atoms with Crippen LogP contribution in [-0.4, -0.2) is 74.7 Å². The van der Waals surface area contributed by atoms with Gasteiger partial charge in [-0.25, -0.2) is 0 Å². The molecule has 0 radical (unpaired) electrons. The van der Waals surface area contributed by atoms with E-state index in [-0.39, 0.29) is 24.0 Å². The maximum atomic E-state index is 4.41. The molecule has 28 heavy (non-hydrogen) atoms. The van der Waals surface area contributed by atoms with E-state index in [0.29, 0.717) is 6.04 Å². The van der Waals surface area contributed by atoms with Crippen molar-refractivity contribution >= 4 is 29.9 Å². The molecule has 2 rings (SSSR count). The summed E-state index contributed by atoms with van der Waals surface area (Å²) in [5, 5.41) is 7.09. The van der Waals surface area contributed by atoms with E-state index < -0.39 is 0 Å². The molecule has 1 unspecified atom stereocenters. The first-order chi connectivity index (χ1) is 13.2. The van der Waals surface area contributed by atoms with Crippen LogP contribution in [0, 0.1) is 5.92 Å². The Bertz CT molecular complexity index is 404. The summed E-state index contributed by atoms with van der Waals surface area (Å²) < 4.78 is 0. The molecule has 2 N–H and O–H groups in total. The fraction of sp³-hybridized carbons (Fsp3) is 0.955. The van der Waals surface area contributed by atoms with Crippen LogP contribution in [-0.2, 0) is 0 Å². The lowest BCUT2D eigenvalue weighted by Crippen LogP contribution is -2.46. The number of hydrogen-bond acceptors (Lipinski definition) is 3. The van der Waals surface area contributed by atoms with E-state index in [9.17, 15) is 0 Å². The Labute approximate surface area is 191 Å². The van der Waals surface area contributed by atoms with Gasteiger partial charge in [0.25, 0.3) is 0 Å². The number of guanidine groups is 1. The van der Waals surface area contributed by atoms with Gasteiger partial charge in [0, 0.05) is 45.8 Å². The van der Waals surface area contributed by atoms with E-state index >= 15 is 0 Å². The number of piperazine rings is 1. The van der Waals surface area contributed by atoms with Gasteiger partial charge in [0.05, 0.1) is 0 Å². The molecule has 166 valence electrons. The van der Waals surface area contributed by atoms with Gasteiger partial charge in [-0.3, -0.25) is 4.99 Å². The summed E-state index contributed by atoms with van der Waals surface area (Å²) in [6.07, 6.45) is 12.4. The predicted molar refractivity (Wildman–Crippen MR) is 133 cm³/mol. The standard InChI is InChI=1S/C22H45N5.HI/c1-4-26-16-18-27(19-17-26)15-9-8-14-24-22(23-3)25-20(2)12-13-21-10-6-5-7-11-21;/h20-21H,4-19H2,1-3H3,(H2,23,24,25);1H. The molecule has 1 saturated carbocycles. The second-order valence-corrected chi connectivity index (χ2v) is 8.61. The largest absolute Gasteiger partial charge is 0.356 e. The first kappa shape index (κ1) is 26.0. The summed E-state index contributed by atoms with van der Waals surface area (Å²) in [6.45, 7) is 13.0. The third-order valence-electron chi connectivity index (χ3n) is 6.45. The van der Waals surface area contributed by atoms with Gasteiger partial charge >= 0.3 is 0 Å². The number of likely N-dealkylation sites (N-methyl/N-ethyl adjacent to an activating group) is 1. The van der Waals surface area contributed by atoms with Crippen LogP contribution < -0.4 is 10.6 Å². The maximum absolute atomic E-state index is 4.41. The topological polar surface area (TPSA) is 42.9 Å². The molecule has 0 spiro atoms. The van der Waals surface area contributed by atoms with Crippen LogP contribution >= 0.6 is 24.0 Å². The number of nitrogens with one attached hydrogen (secondary N) is 2. The number of hydrogen-bond donors (Lipinski definition) is 2. The predicted octanol–water partition coefficient (Wildman–Crippen LogP) is 3.94. The normalized spacial score (nSPS) is 21.2. The Morgan fingerprint density at radius 2 is 1.71 bits per heavy atom. The number of rotatable bonds is 10. The van der Waals surface area contributed by atoms with Gasteiger partial charge in [-0.1, -0.05) is 39.0 Å². The maximum Gasteiger partial charge on any atom is 0.191 e. The Hall–Kier alpha value is -0.0800. The molecule has 0 aromatic heterocycles. The first-order valence-corrected chi connectivity index (χ1v) is 11.6.